The van der Waals surface area contributed by atoms with E-state index in [0.29, 0.717) is 11.4 Å². The third kappa shape index (κ3) is 2.86. The number of aromatic nitrogens is 1. The Morgan fingerprint density at radius 3 is 2.30 bits per heavy atom. The Morgan fingerprint density at radius 2 is 1.80 bits per heavy atom. The Kier molecular flexibility index (Phi) is 4.15. The van der Waals surface area contributed by atoms with Crippen molar-refractivity contribution in [2.45, 2.75) is 4.90 Å². The van der Waals surface area contributed by atoms with E-state index in [4.69, 9.17) is 16.3 Å². The predicted octanol–water partition coefficient (Wildman–Crippen LogP) is 2.57. The molecule has 2 rings (SSSR count). The number of rotatable bonds is 4. The number of hydrogen-bond acceptors (Lipinski definition) is 4. The summed E-state index contributed by atoms with van der Waals surface area (Å²) in [5.74, 6) is 0.660. The summed E-state index contributed by atoms with van der Waals surface area (Å²) in [4.78, 5) is 3.87. The average molecular weight is 313 g/mol. The molecule has 0 atom stereocenters. The van der Waals surface area contributed by atoms with Crippen molar-refractivity contribution in [3.05, 3.63) is 47.7 Å². The van der Waals surface area contributed by atoms with E-state index in [1.807, 2.05) is 0 Å². The molecule has 7 heteroatoms. The number of halogens is 1. The van der Waals surface area contributed by atoms with E-state index in [2.05, 4.69) is 4.98 Å². The number of anilines is 1. The molecule has 0 aliphatic carbocycles. The van der Waals surface area contributed by atoms with Gasteiger partial charge in [-0.15, -0.1) is 0 Å². The zero-order valence-corrected chi connectivity index (χ0v) is 12.5. The molecular weight excluding hydrogens is 300 g/mol. The van der Waals surface area contributed by atoms with E-state index in [1.165, 1.54) is 29.7 Å². The molecular formula is C13H13ClN2O3S. The molecule has 0 saturated heterocycles. The number of benzene rings is 1. The Hall–Kier alpha value is -1.79. The third-order valence-electron chi connectivity index (χ3n) is 2.79. The number of hydrogen-bond donors (Lipinski definition) is 0. The third-order valence-corrected chi connectivity index (χ3v) is 4.79. The molecule has 1 aromatic carbocycles. The van der Waals surface area contributed by atoms with Crippen molar-refractivity contribution in [2.75, 3.05) is 18.5 Å². The fourth-order valence-electron chi connectivity index (χ4n) is 1.60. The molecule has 0 unspecified atom stereocenters. The van der Waals surface area contributed by atoms with Crippen molar-refractivity contribution < 1.29 is 13.2 Å². The first-order valence-corrected chi connectivity index (χ1v) is 7.51. The first kappa shape index (κ1) is 14.6. The van der Waals surface area contributed by atoms with Gasteiger partial charge in [0.25, 0.3) is 10.0 Å². The van der Waals surface area contributed by atoms with E-state index < -0.39 is 10.0 Å². The highest BCUT2D eigenvalue weighted by molar-refractivity contribution is 7.92. The molecule has 20 heavy (non-hydrogen) atoms. The highest BCUT2D eigenvalue weighted by Crippen LogP contribution is 2.24. The van der Waals surface area contributed by atoms with E-state index in [0.717, 1.165) is 0 Å². The topological polar surface area (TPSA) is 59.5 Å². The van der Waals surface area contributed by atoms with Gasteiger partial charge in [-0.25, -0.2) is 13.4 Å². The molecule has 0 fully saturated rings. The van der Waals surface area contributed by atoms with E-state index >= 15 is 0 Å². The van der Waals surface area contributed by atoms with Crippen molar-refractivity contribution in [2.24, 2.45) is 0 Å². The zero-order valence-electron chi connectivity index (χ0n) is 10.9. The molecule has 2 aromatic rings. The molecule has 0 aliphatic rings. The lowest BCUT2D eigenvalue weighted by Crippen LogP contribution is -2.26. The van der Waals surface area contributed by atoms with Crippen molar-refractivity contribution in [1.82, 2.24) is 4.98 Å². The van der Waals surface area contributed by atoms with Gasteiger partial charge in [-0.2, -0.15) is 0 Å². The first-order chi connectivity index (χ1) is 9.45. The predicted molar refractivity (Wildman–Crippen MR) is 77.8 cm³/mol. The SMILES string of the molecule is COc1ccc(N(C)S(=O)(=O)c2ccc(Cl)nc2)cc1. The van der Waals surface area contributed by atoms with Gasteiger partial charge in [-0.1, -0.05) is 11.6 Å². The van der Waals surface area contributed by atoms with Gasteiger partial charge in [0.15, 0.2) is 0 Å². The van der Waals surface area contributed by atoms with Gasteiger partial charge >= 0.3 is 0 Å². The first-order valence-electron chi connectivity index (χ1n) is 5.69. The van der Waals surface area contributed by atoms with Crippen molar-refractivity contribution >= 4 is 27.3 Å². The molecule has 106 valence electrons. The number of pyridine rings is 1. The van der Waals surface area contributed by atoms with Crippen LogP contribution in [0, 0.1) is 0 Å². The highest BCUT2D eigenvalue weighted by atomic mass is 35.5. The summed E-state index contributed by atoms with van der Waals surface area (Å²) >= 11 is 5.66. The highest BCUT2D eigenvalue weighted by Gasteiger charge is 2.21. The summed E-state index contributed by atoms with van der Waals surface area (Å²) in [6.07, 6.45) is 1.23. The summed E-state index contributed by atoms with van der Waals surface area (Å²) in [7, 11) is -0.629. The van der Waals surface area contributed by atoms with Crippen LogP contribution in [0.1, 0.15) is 0 Å². The molecule has 0 spiro atoms. The van der Waals surface area contributed by atoms with Crippen LogP contribution in [-0.4, -0.2) is 27.6 Å². The van der Waals surface area contributed by atoms with Crippen LogP contribution in [-0.2, 0) is 10.0 Å². The second-order valence-electron chi connectivity index (χ2n) is 3.99. The summed E-state index contributed by atoms with van der Waals surface area (Å²) in [5, 5.41) is 0.246. The van der Waals surface area contributed by atoms with Crippen LogP contribution in [0.25, 0.3) is 0 Å². The molecule has 5 nitrogen and oxygen atoms in total. The maximum atomic E-state index is 12.4. The number of sulfonamides is 1. The molecule has 0 radical (unpaired) electrons. The molecule has 0 N–H and O–H groups in total. The van der Waals surface area contributed by atoms with Crippen molar-refractivity contribution in [3.8, 4) is 5.75 Å². The molecule has 1 heterocycles. The van der Waals surface area contributed by atoms with Crippen LogP contribution in [0.15, 0.2) is 47.5 Å². The minimum atomic E-state index is -3.66. The summed E-state index contributed by atoms with van der Waals surface area (Å²) in [6.45, 7) is 0. The minimum Gasteiger partial charge on any atom is -0.497 e. The van der Waals surface area contributed by atoms with E-state index in [9.17, 15) is 8.42 Å². The lowest BCUT2D eigenvalue weighted by Gasteiger charge is -2.19. The zero-order chi connectivity index (χ0) is 14.8. The normalized spacial score (nSPS) is 11.2. The Bertz CT molecular complexity index is 685. The van der Waals surface area contributed by atoms with Crippen LogP contribution >= 0.6 is 11.6 Å². The molecule has 0 aliphatic heterocycles. The summed E-state index contributed by atoms with van der Waals surface area (Å²) in [5.41, 5.74) is 0.528. The maximum Gasteiger partial charge on any atom is 0.265 e. The Morgan fingerprint density at radius 1 is 1.15 bits per heavy atom. The number of ether oxygens (including phenoxy) is 1. The Balaban J connectivity index is 2.35. The fourth-order valence-corrected chi connectivity index (χ4v) is 2.86. The van der Waals surface area contributed by atoms with Gasteiger partial charge < -0.3 is 4.74 Å². The van der Waals surface area contributed by atoms with Crippen LogP contribution in [0.3, 0.4) is 0 Å². The summed E-state index contributed by atoms with van der Waals surface area (Å²) in [6, 6.07) is 9.59. The van der Waals surface area contributed by atoms with E-state index in [1.54, 1.807) is 31.4 Å². The minimum absolute atomic E-state index is 0.0835. The van der Waals surface area contributed by atoms with Crippen molar-refractivity contribution in [3.63, 3.8) is 0 Å². The lowest BCUT2D eigenvalue weighted by molar-refractivity contribution is 0.415. The molecule has 0 amide bonds. The van der Waals surface area contributed by atoms with Gasteiger partial charge in [0.1, 0.15) is 15.8 Å². The standard InChI is InChI=1S/C13H13ClN2O3S/c1-16(10-3-5-11(19-2)6-4-10)20(17,18)12-7-8-13(14)15-9-12/h3-9H,1-2H3. The second-order valence-corrected chi connectivity index (χ2v) is 6.34. The van der Waals surface area contributed by atoms with Crippen molar-refractivity contribution in [1.29, 1.82) is 0 Å². The largest absolute Gasteiger partial charge is 0.497 e. The number of nitrogens with zero attached hydrogens (tertiary/aromatic N) is 2. The van der Waals surface area contributed by atoms with Crippen LogP contribution < -0.4 is 9.04 Å². The lowest BCUT2D eigenvalue weighted by atomic mass is 10.3. The molecule has 0 saturated carbocycles. The van der Waals surface area contributed by atoms with Crippen LogP contribution in [0.2, 0.25) is 5.15 Å². The quantitative estimate of drug-likeness (QED) is 0.814. The average Bonchev–Trinajstić information content (AvgIpc) is 2.47. The van der Waals surface area contributed by atoms with Gasteiger partial charge in [-0.05, 0) is 36.4 Å². The molecule has 0 bridgehead atoms. The number of methoxy groups -OCH3 is 1. The fraction of sp³-hybridized carbons (Fsp3) is 0.154. The van der Waals surface area contributed by atoms with E-state index in [-0.39, 0.29) is 10.0 Å². The Labute approximate surface area is 122 Å². The second kappa shape index (κ2) is 5.68. The van der Waals surface area contributed by atoms with Crippen LogP contribution in [0.5, 0.6) is 5.75 Å². The van der Waals surface area contributed by atoms with Crippen LogP contribution in [0.4, 0.5) is 5.69 Å². The maximum absolute atomic E-state index is 12.4. The monoisotopic (exact) mass is 312 g/mol. The smallest absolute Gasteiger partial charge is 0.265 e. The molecule has 1 aromatic heterocycles. The van der Waals surface area contributed by atoms with Gasteiger partial charge in [-0.3, -0.25) is 4.31 Å². The van der Waals surface area contributed by atoms with Gasteiger partial charge in [0, 0.05) is 13.2 Å². The van der Waals surface area contributed by atoms with Gasteiger partial charge in [0.2, 0.25) is 0 Å². The summed E-state index contributed by atoms with van der Waals surface area (Å²) < 4.78 is 31.0. The van der Waals surface area contributed by atoms with Gasteiger partial charge in [0.05, 0.1) is 12.8 Å².